The Morgan fingerprint density at radius 1 is 1.53 bits per heavy atom. The standard InChI is InChI=1S/C11H14N2O3S/c14-11(10-2-1-4-12-7-10)13-6-9-3-5-17(15,16)8-9/h1-2,4,7,9H,3,5-6,8H2,(H,13,14)/t9-/m1/s1. The van der Waals surface area contributed by atoms with Crippen molar-refractivity contribution >= 4 is 15.7 Å². The average molecular weight is 254 g/mol. The number of rotatable bonds is 3. The van der Waals surface area contributed by atoms with Crippen molar-refractivity contribution in [2.24, 2.45) is 5.92 Å². The first kappa shape index (κ1) is 12.0. The Kier molecular flexibility index (Phi) is 3.42. The maximum absolute atomic E-state index is 11.7. The molecular formula is C11H14N2O3S. The minimum absolute atomic E-state index is 0.0422. The van der Waals surface area contributed by atoms with Gasteiger partial charge < -0.3 is 5.32 Å². The highest BCUT2D eigenvalue weighted by Crippen LogP contribution is 2.17. The molecule has 0 unspecified atom stereocenters. The predicted octanol–water partition coefficient (Wildman–Crippen LogP) is 0.246. The number of aromatic nitrogens is 1. The zero-order chi connectivity index (χ0) is 12.3. The van der Waals surface area contributed by atoms with Crippen LogP contribution in [0.1, 0.15) is 16.8 Å². The molecule has 0 spiro atoms. The summed E-state index contributed by atoms with van der Waals surface area (Å²) in [5.74, 6) is 0.254. The van der Waals surface area contributed by atoms with Crippen molar-refractivity contribution in [1.82, 2.24) is 10.3 Å². The van der Waals surface area contributed by atoms with E-state index in [4.69, 9.17) is 0 Å². The lowest BCUT2D eigenvalue weighted by Gasteiger charge is -2.09. The van der Waals surface area contributed by atoms with Gasteiger partial charge in [0.2, 0.25) is 0 Å². The van der Waals surface area contributed by atoms with Crippen molar-refractivity contribution in [3.8, 4) is 0 Å². The van der Waals surface area contributed by atoms with E-state index in [1.807, 2.05) is 0 Å². The monoisotopic (exact) mass is 254 g/mol. The van der Waals surface area contributed by atoms with Gasteiger partial charge in [-0.15, -0.1) is 0 Å². The Hall–Kier alpha value is -1.43. The van der Waals surface area contributed by atoms with E-state index in [2.05, 4.69) is 10.3 Å². The molecule has 1 aromatic rings. The number of hydrogen-bond acceptors (Lipinski definition) is 4. The number of amides is 1. The highest BCUT2D eigenvalue weighted by atomic mass is 32.2. The fourth-order valence-corrected chi connectivity index (χ4v) is 3.73. The normalized spacial score (nSPS) is 22.2. The molecule has 0 saturated carbocycles. The van der Waals surface area contributed by atoms with Crippen LogP contribution in [0.4, 0.5) is 0 Å². The molecule has 1 fully saturated rings. The van der Waals surface area contributed by atoms with E-state index >= 15 is 0 Å². The maximum atomic E-state index is 11.7. The van der Waals surface area contributed by atoms with E-state index in [0.717, 1.165) is 0 Å². The van der Waals surface area contributed by atoms with E-state index in [1.165, 1.54) is 6.20 Å². The van der Waals surface area contributed by atoms with Gasteiger partial charge in [-0.05, 0) is 24.5 Å². The SMILES string of the molecule is O=C(NC[C@H]1CCS(=O)(=O)C1)c1cccnc1. The molecule has 0 aliphatic carbocycles. The van der Waals surface area contributed by atoms with Gasteiger partial charge in [0.1, 0.15) is 0 Å². The summed E-state index contributed by atoms with van der Waals surface area (Å²) in [7, 11) is -2.87. The lowest BCUT2D eigenvalue weighted by Crippen LogP contribution is -2.29. The second-order valence-electron chi connectivity index (χ2n) is 4.22. The van der Waals surface area contributed by atoms with Crippen LogP contribution in [0.2, 0.25) is 0 Å². The summed E-state index contributed by atoms with van der Waals surface area (Å²) in [5.41, 5.74) is 0.494. The highest BCUT2D eigenvalue weighted by molar-refractivity contribution is 7.91. The van der Waals surface area contributed by atoms with Gasteiger partial charge in [-0.25, -0.2) is 8.42 Å². The molecule has 1 aromatic heterocycles. The number of sulfone groups is 1. The largest absolute Gasteiger partial charge is 0.352 e. The Balaban J connectivity index is 1.86. The molecule has 0 bridgehead atoms. The molecule has 1 amide bonds. The fraction of sp³-hybridized carbons (Fsp3) is 0.455. The molecule has 5 nitrogen and oxygen atoms in total. The molecule has 1 saturated heterocycles. The van der Waals surface area contributed by atoms with E-state index in [9.17, 15) is 13.2 Å². The second kappa shape index (κ2) is 4.83. The summed E-state index contributed by atoms with van der Waals surface area (Å²) in [6, 6.07) is 3.36. The highest BCUT2D eigenvalue weighted by Gasteiger charge is 2.27. The molecule has 17 heavy (non-hydrogen) atoms. The van der Waals surface area contributed by atoms with Crippen molar-refractivity contribution in [2.45, 2.75) is 6.42 Å². The minimum Gasteiger partial charge on any atom is -0.352 e. The molecule has 1 N–H and O–H groups in total. The van der Waals surface area contributed by atoms with Gasteiger partial charge in [0.05, 0.1) is 17.1 Å². The number of nitrogens with zero attached hydrogens (tertiary/aromatic N) is 1. The topological polar surface area (TPSA) is 76.1 Å². The van der Waals surface area contributed by atoms with E-state index < -0.39 is 9.84 Å². The smallest absolute Gasteiger partial charge is 0.252 e. The van der Waals surface area contributed by atoms with Crippen LogP contribution in [0, 0.1) is 5.92 Å². The predicted molar refractivity (Wildman–Crippen MR) is 63.3 cm³/mol. The fourth-order valence-electron chi connectivity index (χ4n) is 1.87. The van der Waals surface area contributed by atoms with Gasteiger partial charge in [-0.1, -0.05) is 0 Å². The van der Waals surface area contributed by atoms with Crippen molar-refractivity contribution in [3.05, 3.63) is 30.1 Å². The number of pyridine rings is 1. The molecule has 2 rings (SSSR count). The third-order valence-corrected chi connectivity index (χ3v) is 4.64. The van der Waals surface area contributed by atoms with Crippen LogP contribution in [0.25, 0.3) is 0 Å². The summed E-state index contributed by atoms with van der Waals surface area (Å²) in [5, 5.41) is 2.74. The molecule has 0 radical (unpaired) electrons. The third kappa shape index (κ3) is 3.26. The summed E-state index contributed by atoms with van der Waals surface area (Å²) < 4.78 is 22.5. The molecule has 0 aromatic carbocycles. The molecular weight excluding hydrogens is 240 g/mol. The molecule has 1 aliphatic heterocycles. The Bertz CT molecular complexity index is 499. The summed E-state index contributed by atoms with van der Waals surface area (Å²) in [4.78, 5) is 15.5. The first-order valence-electron chi connectivity index (χ1n) is 5.45. The van der Waals surface area contributed by atoms with Crippen molar-refractivity contribution in [1.29, 1.82) is 0 Å². The Morgan fingerprint density at radius 2 is 2.35 bits per heavy atom. The first-order chi connectivity index (χ1) is 8.07. The maximum Gasteiger partial charge on any atom is 0.252 e. The van der Waals surface area contributed by atoms with Crippen LogP contribution >= 0.6 is 0 Å². The molecule has 1 atom stereocenters. The Morgan fingerprint density at radius 3 is 2.94 bits per heavy atom. The molecule has 6 heteroatoms. The van der Waals surface area contributed by atoms with Gasteiger partial charge >= 0.3 is 0 Å². The van der Waals surface area contributed by atoms with Crippen LogP contribution in [0.3, 0.4) is 0 Å². The number of carbonyl (C=O) groups is 1. The van der Waals surface area contributed by atoms with E-state index in [0.29, 0.717) is 18.5 Å². The van der Waals surface area contributed by atoms with Crippen LogP contribution < -0.4 is 5.32 Å². The second-order valence-corrected chi connectivity index (χ2v) is 6.45. The number of nitrogens with one attached hydrogen (secondary N) is 1. The third-order valence-electron chi connectivity index (χ3n) is 2.80. The Labute approximate surface area is 100 Å². The summed E-state index contributed by atoms with van der Waals surface area (Å²) in [6.07, 6.45) is 3.72. The first-order valence-corrected chi connectivity index (χ1v) is 7.27. The van der Waals surface area contributed by atoms with Gasteiger partial charge in [0, 0.05) is 18.9 Å². The molecule has 92 valence electrons. The van der Waals surface area contributed by atoms with Gasteiger partial charge in [-0.3, -0.25) is 9.78 Å². The van der Waals surface area contributed by atoms with Gasteiger partial charge in [0.25, 0.3) is 5.91 Å². The number of hydrogen-bond donors (Lipinski definition) is 1. The van der Waals surface area contributed by atoms with Crippen molar-refractivity contribution < 1.29 is 13.2 Å². The lowest BCUT2D eigenvalue weighted by atomic mass is 10.1. The summed E-state index contributed by atoms with van der Waals surface area (Å²) in [6.45, 7) is 0.410. The molecule has 2 heterocycles. The van der Waals surface area contributed by atoms with Crippen LogP contribution in [0.15, 0.2) is 24.5 Å². The number of carbonyl (C=O) groups excluding carboxylic acids is 1. The summed E-state index contributed by atoms with van der Waals surface area (Å²) >= 11 is 0. The van der Waals surface area contributed by atoms with Crippen molar-refractivity contribution in [3.63, 3.8) is 0 Å². The minimum atomic E-state index is -2.87. The van der Waals surface area contributed by atoms with Crippen LogP contribution in [0.5, 0.6) is 0 Å². The quantitative estimate of drug-likeness (QED) is 0.838. The van der Waals surface area contributed by atoms with E-state index in [1.54, 1.807) is 18.3 Å². The lowest BCUT2D eigenvalue weighted by molar-refractivity contribution is 0.0948. The molecule has 1 aliphatic rings. The van der Waals surface area contributed by atoms with Crippen LogP contribution in [-0.4, -0.2) is 37.4 Å². The van der Waals surface area contributed by atoms with E-state index in [-0.39, 0.29) is 23.3 Å². The zero-order valence-corrected chi connectivity index (χ0v) is 10.1. The van der Waals surface area contributed by atoms with Crippen LogP contribution in [-0.2, 0) is 9.84 Å². The van der Waals surface area contributed by atoms with Crippen molar-refractivity contribution in [2.75, 3.05) is 18.1 Å². The van der Waals surface area contributed by atoms with Gasteiger partial charge in [0.15, 0.2) is 9.84 Å². The van der Waals surface area contributed by atoms with Gasteiger partial charge in [-0.2, -0.15) is 0 Å². The average Bonchev–Trinajstić information content (AvgIpc) is 2.67. The zero-order valence-electron chi connectivity index (χ0n) is 9.30.